The van der Waals surface area contributed by atoms with Crippen molar-refractivity contribution in [3.8, 4) is 5.75 Å². The van der Waals surface area contributed by atoms with Gasteiger partial charge in [0.05, 0.1) is 30.3 Å². The van der Waals surface area contributed by atoms with Crippen molar-refractivity contribution in [2.45, 2.75) is 0 Å². The first kappa shape index (κ1) is 16.1. The number of halogens is 1. The van der Waals surface area contributed by atoms with Crippen LogP contribution in [0.15, 0.2) is 48.7 Å². The van der Waals surface area contributed by atoms with Gasteiger partial charge in [-0.3, -0.25) is 4.98 Å². The van der Waals surface area contributed by atoms with E-state index >= 15 is 0 Å². The number of nitrogens with one attached hydrogen (secondary N) is 1. The normalized spacial score (nSPS) is 10.5. The number of carbonyl (C=O) groups excluding carboxylic acids is 1. The SMILES string of the molecule is COC(=O)c1ccc(Nc2ccnc3cc(Cl)c(OC)cc23)cc1. The second-order valence-electron chi connectivity index (χ2n) is 5.06. The first-order chi connectivity index (χ1) is 11.6. The van der Waals surface area contributed by atoms with Crippen LogP contribution in [0.2, 0.25) is 5.02 Å². The Morgan fingerprint density at radius 2 is 1.88 bits per heavy atom. The van der Waals surface area contributed by atoms with Crippen molar-refractivity contribution < 1.29 is 14.3 Å². The number of nitrogens with zero attached hydrogens (tertiary/aromatic N) is 1. The molecule has 0 saturated carbocycles. The molecule has 1 heterocycles. The van der Waals surface area contributed by atoms with Crippen molar-refractivity contribution in [2.24, 2.45) is 0 Å². The topological polar surface area (TPSA) is 60.5 Å². The molecule has 0 radical (unpaired) electrons. The summed E-state index contributed by atoms with van der Waals surface area (Å²) >= 11 is 6.15. The van der Waals surface area contributed by atoms with E-state index in [2.05, 4.69) is 10.3 Å². The number of rotatable bonds is 4. The summed E-state index contributed by atoms with van der Waals surface area (Å²) in [6.07, 6.45) is 1.70. The van der Waals surface area contributed by atoms with Gasteiger partial charge in [-0.2, -0.15) is 0 Å². The van der Waals surface area contributed by atoms with Crippen LogP contribution in [0.3, 0.4) is 0 Å². The van der Waals surface area contributed by atoms with Crippen molar-refractivity contribution >= 4 is 39.8 Å². The minimum Gasteiger partial charge on any atom is -0.495 e. The molecule has 24 heavy (non-hydrogen) atoms. The fourth-order valence-electron chi connectivity index (χ4n) is 2.38. The first-order valence-electron chi connectivity index (χ1n) is 7.20. The third-order valence-electron chi connectivity index (χ3n) is 3.60. The van der Waals surface area contributed by atoms with E-state index in [4.69, 9.17) is 21.1 Å². The van der Waals surface area contributed by atoms with Crippen LogP contribution in [-0.4, -0.2) is 25.2 Å². The summed E-state index contributed by atoms with van der Waals surface area (Å²) in [5.41, 5.74) is 2.96. The van der Waals surface area contributed by atoms with Gasteiger partial charge in [-0.15, -0.1) is 0 Å². The lowest BCUT2D eigenvalue weighted by Crippen LogP contribution is -2.01. The second kappa shape index (κ2) is 6.76. The molecule has 1 N–H and O–H groups in total. The summed E-state index contributed by atoms with van der Waals surface area (Å²) in [5, 5.41) is 4.71. The molecule has 3 aromatic rings. The average Bonchev–Trinajstić information content (AvgIpc) is 2.61. The van der Waals surface area contributed by atoms with Crippen LogP contribution in [0.1, 0.15) is 10.4 Å². The largest absolute Gasteiger partial charge is 0.495 e. The molecule has 0 saturated heterocycles. The Kier molecular flexibility index (Phi) is 4.53. The molecule has 1 aromatic heterocycles. The Balaban J connectivity index is 1.96. The highest BCUT2D eigenvalue weighted by Crippen LogP contribution is 2.33. The average molecular weight is 343 g/mol. The molecule has 3 rings (SSSR count). The summed E-state index contributed by atoms with van der Waals surface area (Å²) in [6, 6.07) is 12.5. The number of aromatic nitrogens is 1. The van der Waals surface area contributed by atoms with E-state index < -0.39 is 0 Å². The molecule has 5 nitrogen and oxygen atoms in total. The quantitative estimate of drug-likeness (QED) is 0.711. The lowest BCUT2D eigenvalue weighted by atomic mass is 10.1. The third kappa shape index (κ3) is 3.12. The predicted molar refractivity (Wildman–Crippen MR) is 94.4 cm³/mol. The molecule has 0 bridgehead atoms. The summed E-state index contributed by atoms with van der Waals surface area (Å²) in [6.45, 7) is 0. The molecule has 0 aliphatic rings. The second-order valence-corrected chi connectivity index (χ2v) is 5.46. The highest BCUT2D eigenvalue weighted by molar-refractivity contribution is 6.33. The van der Waals surface area contributed by atoms with E-state index in [9.17, 15) is 4.79 Å². The number of fused-ring (bicyclic) bond motifs is 1. The lowest BCUT2D eigenvalue weighted by molar-refractivity contribution is 0.0601. The number of hydrogen-bond donors (Lipinski definition) is 1. The van der Waals surface area contributed by atoms with Gasteiger partial charge in [-0.25, -0.2) is 4.79 Å². The number of esters is 1. The smallest absolute Gasteiger partial charge is 0.337 e. The Labute approximate surface area is 144 Å². The van der Waals surface area contributed by atoms with Crippen LogP contribution < -0.4 is 10.1 Å². The van der Waals surface area contributed by atoms with Crippen LogP contribution >= 0.6 is 11.6 Å². The van der Waals surface area contributed by atoms with Crippen LogP contribution in [-0.2, 0) is 4.74 Å². The summed E-state index contributed by atoms with van der Waals surface area (Å²) < 4.78 is 9.97. The molecule has 0 unspecified atom stereocenters. The highest BCUT2D eigenvalue weighted by Gasteiger charge is 2.09. The lowest BCUT2D eigenvalue weighted by Gasteiger charge is -2.12. The fraction of sp³-hybridized carbons (Fsp3) is 0.111. The zero-order valence-electron chi connectivity index (χ0n) is 13.2. The molecule has 2 aromatic carbocycles. The molecular weight excluding hydrogens is 328 g/mol. The van der Waals surface area contributed by atoms with Gasteiger partial charge >= 0.3 is 5.97 Å². The number of carbonyl (C=O) groups is 1. The Bertz CT molecular complexity index is 895. The van der Waals surface area contributed by atoms with E-state index in [1.54, 1.807) is 31.5 Å². The molecule has 6 heteroatoms. The Hall–Kier alpha value is -2.79. The molecular formula is C18H15ClN2O3. The molecule has 0 amide bonds. The van der Waals surface area contributed by atoms with Gasteiger partial charge in [0, 0.05) is 23.0 Å². The standard InChI is InChI=1S/C18H15ClN2O3/c1-23-17-9-13-15(7-8-20-16(13)10-14(17)19)21-12-5-3-11(4-6-12)18(22)24-2/h3-10H,1-2H3,(H,20,21). The van der Waals surface area contributed by atoms with Gasteiger partial charge < -0.3 is 14.8 Å². The highest BCUT2D eigenvalue weighted by atomic mass is 35.5. The van der Waals surface area contributed by atoms with Crippen molar-refractivity contribution in [2.75, 3.05) is 19.5 Å². The van der Waals surface area contributed by atoms with Gasteiger partial charge in [0.2, 0.25) is 0 Å². The van der Waals surface area contributed by atoms with Crippen molar-refractivity contribution in [3.63, 3.8) is 0 Å². The van der Waals surface area contributed by atoms with Gasteiger partial charge in [-0.05, 0) is 42.5 Å². The minimum absolute atomic E-state index is 0.365. The molecule has 0 aliphatic heterocycles. The number of anilines is 2. The first-order valence-corrected chi connectivity index (χ1v) is 7.58. The molecule has 0 spiro atoms. The van der Waals surface area contributed by atoms with Gasteiger partial charge in [-0.1, -0.05) is 11.6 Å². The number of ether oxygens (including phenoxy) is 2. The van der Waals surface area contributed by atoms with Gasteiger partial charge in [0.25, 0.3) is 0 Å². The molecule has 0 atom stereocenters. The van der Waals surface area contributed by atoms with E-state index in [-0.39, 0.29) is 5.97 Å². The summed E-state index contributed by atoms with van der Waals surface area (Å²) in [4.78, 5) is 15.8. The van der Waals surface area contributed by atoms with Gasteiger partial charge in [0.15, 0.2) is 0 Å². The van der Waals surface area contributed by atoms with E-state index in [0.29, 0.717) is 16.3 Å². The Morgan fingerprint density at radius 1 is 1.12 bits per heavy atom. The third-order valence-corrected chi connectivity index (χ3v) is 3.90. The van der Waals surface area contributed by atoms with Gasteiger partial charge in [0.1, 0.15) is 5.75 Å². The number of hydrogen-bond acceptors (Lipinski definition) is 5. The molecule has 0 fully saturated rings. The van der Waals surface area contributed by atoms with Crippen LogP contribution in [0.5, 0.6) is 5.75 Å². The van der Waals surface area contributed by atoms with E-state index in [1.807, 2.05) is 24.3 Å². The molecule has 0 aliphatic carbocycles. The fourth-order valence-corrected chi connectivity index (χ4v) is 2.61. The number of benzene rings is 2. The minimum atomic E-state index is -0.365. The van der Waals surface area contributed by atoms with Crippen molar-refractivity contribution in [3.05, 3.63) is 59.2 Å². The zero-order chi connectivity index (χ0) is 17.1. The summed E-state index contributed by atoms with van der Waals surface area (Å²) in [5.74, 6) is 0.219. The maximum absolute atomic E-state index is 11.5. The monoisotopic (exact) mass is 342 g/mol. The van der Waals surface area contributed by atoms with E-state index in [1.165, 1.54) is 7.11 Å². The van der Waals surface area contributed by atoms with Crippen LogP contribution in [0.4, 0.5) is 11.4 Å². The Morgan fingerprint density at radius 3 is 2.54 bits per heavy atom. The van der Waals surface area contributed by atoms with Crippen LogP contribution in [0, 0.1) is 0 Å². The van der Waals surface area contributed by atoms with Crippen molar-refractivity contribution in [1.29, 1.82) is 0 Å². The molecule has 122 valence electrons. The van der Waals surface area contributed by atoms with Crippen molar-refractivity contribution in [1.82, 2.24) is 4.98 Å². The maximum Gasteiger partial charge on any atom is 0.337 e. The summed E-state index contributed by atoms with van der Waals surface area (Å²) in [7, 11) is 2.93. The number of pyridine rings is 1. The maximum atomic E-state index is 11.5. The zero-order valence-corrected chi connectivity index (χ0v) is 13.9. The van der Waals surface area contributed by atoms with E-state index in [0.717, 1.165) is 22.3 Å². The predicted octanol–water partition coefficient (Wildman–Crippen LogP) is 4.43. The van der Waals surface area contributed by atoms with Crippen LogP contribution in [0.25, 0.3) is 10.9 Å². The number of methoxy groups -OCH3 is 2.